The van der Waals surface area contributed by atoms with Crippen molar-refractivity contribution in [3.63, 3.8) is 0 Å². The summed E-state index contributed by atoms with van der Waals surface area (Å²) in [6.45, 7) is 1.63. The molecule has 0 aliphatic rings. The number of nitrogens with one attached hydrogen (secondary N) is 1. The Labute approximate surface area is 180 Å². The lowest BCUT2D eigenvalue weighted by molar-refractivity contribution is 0.0952. The molecule has 2 aromatic carbocycles. The summed E-state index contributed by atoms with van der Waals surface area (Å²) < 4.78 is 15.3. The first-order chi connectivity index (χ1) is 15.0. The highest BCUT2D eigenvalue weighted by Gasteiger charge is 2.17. The number of fused-ring (bicyclic) bond motifs is 1. The molecule has 2 aromatic heterocycles. The quantitative estimate of drug-likeness (QED) is 0.499. The topological polar surface area (TPSA) is 63.1 Å². The summed E-state index contributed by atoms with van der Waals surface area (Å²) in [5.41, 5.74) is 3.47. The number of hydrogen-bond donors (Lipinski definition) is 1. The van der Waals surface area contributed by atoms with Crippen LogP contribution in [-0.2, 0) is 6.54 Å². The van der Waals surface area contributed by atoms with E-state index in [4.69, 9.17) is 4.98 Å². The van der Waals surface area contributed by atoms with Crippen molar-refractivity contribution in [2.75, 3.05) is 27.2 Å². The van der Waals surface area contributed by atoms with Gasteiger partial charge in [0.25, 0.3) is 5.91 Å². The van der Waals surface area contributed by atoms with Crippen LogP contribution in [0.2, 0.25) is 0 Å². The molecule has 0 saturated heterocycles. The van der Waals surface area contributed by atoms with E-state index in [2.05, 4.69) is 10.4 Å². The minimum absolute atomic E-state index is 0.170. The van der Waals surface area contributed by atoms with Crippen LogP contribution >= 0.6 is 0 Å². The first-order valence-electron chi connectivity index (χ1n) is 10.1. The van der Waals surface area contributed by atoms with Gasteiger partial charge in [-0.3, -0.25) is 4.79 Å². The van der Waals surface area contributed by atoms with E-state index in [0.717, 1.165) is 17.7 Å². The summed E-state index contributed by atoms with van der Waals surface area (Å²) in [7, 11) is 3.92. The highest BCUT2D eigenvalue weighted by atomic mass is 19.1. The third kappa shape index (κ3) is 4.78. The summed E-state index contributed by atoms with van der Waals surface area (Å²) in [5, 5.41) is 8.09. The Hall–Kier alpha value is -3.58. The van der Waals surface area contributed by atoms with E-state index in [0.29, 0.717) is 35.4 Å². The van der Waals surface area contributed by atoms with Crippen molar-refractivity contribution in [3.05, 3.63) is 83.8 Å². The van der Waals surface area contributed by atoms with E-state index in [1.54, 1.807) is 23.0 Å². The van der Waals surface area contributed by atoms with Crippen molar-refractivity contribution in [2.45, 2.75) is 6.54 Å². The predicted octanol–water partition coefficient (Wildman–Crippen LogP) is 3.58. The third-order valence-electron chi connectivity index (χ3n) is 4.99. The lowest BCUT2D eigenvalue weighted by Gasteiger charge is -2.12. The van der Waals surface area contributed by atoms with E-state index in [1.807, 2.05) is 55.4 Å². The highest BCUT2D eigenvalue weighted by molar-refractivity contribution is 6.06. The third-order valence-corrected chi connectivity index (χ3v) is 4.99. The normalized spacial score (nSPS) is 11.2. The number of likely N-dealkylation sites (N-methyl/N-ethyl adjacent to an activating group) is 1. The molecule has 31 heavy (non-hydrogen) atoms. The number of rotatable bonds is 7. The second-order valence-electron chi connectivity index (χ2n) is 7.65. The molecule has 0 aliphatic heterocycles. The number of pyridine rings is 1. The molecule has 6 nitrogen and oxygen atoms in total. The number of aromatic nitrogens is 3. The fourth-order valence-electron chi connectivity index (χ4n) is 3.40. The van der Waals surface area contributed by atoms with Gasteiger partial charge >= 0.3 is 0 Å². The molecule has 0 bridgehead atoms. The van der Waals surface area contributed by atoms with E-state index in [-0.39, 0.29) is 11.7 Å². The summed E-state index contributed by atoms with van der Waals surface area (Å²) in [6, 6.07) is 17.9. The van der Waals surface area contributed by atoms with Crippen LogP contribution in [0.3, 0.4) is 0 Å². The van der Waals surface area contributed by atoms with Crippen LogP contribution in [0.1, 0.15) is 15.9 Å². The Morgan fingerprint density at radius 1 is 1.10 bits per heavy atom. The Balaban J connectivity index is 1.76. The number of halogens is 1. The van der Waals surface area contributed by atoms with Crippen molar-refractivity contribution >= 4 is 16.9 Å². The Morgan fingerprint density at radius 3 is 2.65 bits per heavy atom. The molecule has 7 heteroatoms. The first kappa shape index (κ1) is 20.7. The van der Waals surface area contributed by atoms with Gasteiger partial charge < -0.3 is 10.2 Å². The smallest absolute Gasteiger partial charge is 0.252 e. The molecule has 4 aromatic rings. The average Bonchev–Trinajstić information content (AvgIpc) is 3.16. The molecule has 158 valence electrons. The molecule has 0 aliphatic carbocycles. The lowest BCUT2D eigenvalue weighted by atomic mass is 10.1. The molecule has 2 heterocycles. The first-order valence-corrected chi connectivity index (χ1v) is 10.1. The van der Waals surface area contributed by atoms with Crippen molar-refractivity contribution < 1.29 is 9.18 Å². The molecular formula is C24H24FN5O. The summed E-state index contributed by atoms with van der Waals surface area (Å²) in [5.74, 6) is -0.468. The Bertz CT molecular complexity index is 1200. The summed E-state index contributed by atoms with van der Waals surface area (Å²) >= 11 is 0. The number of nitrogens with zero attached hydrogens (tertiary/aromatic N) is 4. The van der Waals surface area contributed by atoms with Crippen LogP contribution in [0.4, 0.5) is 4.39 Å². The van der Waals surface area contributed by atoms with Gasteiger partial charge in [0.15, 0.2) is 5.65 Å². The molecule has 1 N–H and O–H groups in total. The molecule has 0 atom stereocenters. The zero-order valence-corrected chi connectivity index (χ0v) is 17.5. The molecule has 0 spiro atoms. The zero-order valence-electron chi connectivity index (χ0n) is 17.5. The number of carbonyl (C=O) groups excluding carboxylic acids is 1. The van der Waals surface area contributed by atoms with Crippen LogP contribution in [-0.4, -0.2) is 52.8 Å². The monoisotopic (exact) mass is 417 g/mol. The molecule has 0 radical (unpaired) electrons. The van der Waals surface area contributed by atoms with E-state index < -0.39 is 0 Å². The van der Waals surface area contributed by atoms with Crippen molar-refractivity contribution in [1.82, 2.24) is 25.0 Å². The fourth-order valence-corrected chi connectivity index (χ4v) is 3.40. The maximum absolute atomic E-state index is 13.6. The molecule has 1 amide bonds. The number of hydrogen-bond acceptors (Lipinski definition) is 4. The van der Waals surface area contributed by atoms with Gasteiger partial charge in [-0.15, -0.1) is 0 Å². The van der Waals surface area contributed by atoms with Crippen LogP contribution in [0.5, 0.6) is 0 Å². The SMILES string of the molecule is CN(C)CCNC(=O)c1cc(-c2ccccc2)nc2c1cnn2Cc1cccc(F)c1. The maximum atomic E-state index is 13.6. The van der Waals surface area contributed by atoms with Gasteiger partial charge in [-0.1, -0.05) is 42.5 Å². The van der Waals surface area contributed by atoms with Gasteiger partial charge in [-0.2, -0.15) is 5.10 Å². The van der Waals surface area contributed by atoms with Gasteiger partial charge in [-0.05, 0) is 37.9 Å². The highest BCUT2D eigenvalue weighted by Crippen LogP contribution is 2.25. The molecule has 4 rings (SSSR count). The Kier molecular flexibility index (Phi) is 6.04. The number of benzene rings is 2. The van der Waals surface area contributed by atoms with Crippen LogP contribution < -0.4 is 5.32 Å². The van der Waals surface area contributed by atoms with Gasteiger partial charge in [0.1, 0.15) is 5.82 Å². The van der Waals surface area contributed by atoms with E-state index in [9.17, 15) is 9.18 Å². The largest absolute Gasteiger partial charge is 0.351 e. The van der Waals surface area contributed by atoms with Gasteiger partial charge in [-0.25, -0.2) is 14.1 Å². The average molecular weight is 417 g/mol. The number of amides is 1. The Morgan fingerprint density at radius 2 is 1.90 bits per heavy atom. The summed E-state index contributed by atoms with van der Waals surface area (Å²) in [4.78, 5) is 19.8. The van der Waals surface area contributed by atoms with Crippen molar-refractivity contribution in [2.24, 2.45) is 0 Å². The predicted molar refractivity (Wildman–Crippen MR) is 119 cm³/mol. The lowest BCUT2D eigenvalue weighted by Crippen LogP contribution is -2.31. The minimum Gasteiger partial charge on any atom is -0.351 e. The maximum Gasteiger partial charge on any atom is 0.252 e. The van der Waals surface area contributed by atoms with Gasteiger partial charge in [0.05, 0.1) is 29.4 Å². The van der Waals surface area contributed by atoms with Crippen LogP contribution in [0, 0.1) is 5.82 Å². The standard InChI is InChI=1S/C24H24FN5O/c1-29(2)12-11-26-24(31)20-14-22(18-8-4-3-5-9-18)28-23-21(20)15-27-30(23)16-17-7-6-10-19(25)13-17/h3-10,13-15H,11-12,16H2,1-2H3,(H,26,31). The molecule has 0 fully saturated rings. The number of carbonyl (C=O) groups is 1. The summed E-state index contributed by atoms with van der Waals surface area (Å²) in [6.07, 6.45) is 1.65. The van der Waals surface area contributed by atoms with Gasteiger partial charge in [0.2, 0.25) is 0 Å². The van der Waals surface area contributed by atoms with Crippen LogP contribution in [0.15, 0.2) is 66.9 Å². The van der Waals surface area contributed by atoms with E-state index in [1.165, 1.54) is 12.1 Å². The fraction of sp³-hybridized carbons (Fsp3) is 0.208. The van der Waals surface area contributed by atoms with Crippen molar-refractivity contribution in [1.29, 1.82) is 0 Å². The minimum atomic E-state index is -0.298. The second kappa shape index (κ2) is 9.06. The zero-order chi connectivity index (χ0) is 21.8. The van der Waals surface area contributed by atoms with E-state index >= 15 is 0 Å². The molecule has 0 saturated carbocycles. The second-order valence-corrected chi connectivity index (χ2v) is 7.65. The molecular weight excluding hydrogens is 393 g/mol. The van der Waals surface area contributed by atoms with Crippen LogP contribution in [0.25, 0.3) is 22.3 Å². The van der Waals surface area contributed by atoms with Crippen molar-refractivity contribution in [3.8, 4) is 11.3 Å². The molecule has 0 unspecified atom stereocenters. The van der Waals surface area contributed by atoms with Gasteiger partial charge in [0, 0.05) is 18.7 Å².